The summed E-state index contributed by atoms with van der Waals surface area (Å²) in [5.74, 6) is 0.747. The second kappa shape index (κ2) is 4.96. The van der Waals surface area contributed by atoms with Crippen LogP contribution in [0.1, 0.15) is 30.3 Å². The van der Waals surface area contributed by atoms with E-state index in [9.17, 15) is 4.79 Å². The van der Waals surface area contributed by atoms with E-state index >= 15 is 0 Å². The van der Waals surface area contributed by atoms with Crippen LogP contribution in [0.4, 0.5) is 5.69 Å². The predicted octanol–water partition coefficient (Wildman–Crippen LogP) is 1.88. The van der Waals surface area contributed by atoms with Crippen LogP contribution >= 0.6 is 11.8 Å². The largest absolute Gasteiger partial charge is 0.384 e. The third-order valence-corrected chi connectivity index (χ3v) is 4.52. The average molecular weight is 251 g/mol. The van der Waals surface area contributed by atoms with E-state index in [1.54, 1.807) is 12.3 Å². The van der Waals surface area contributed by atoms with Crippen molar-refractivity contribution in [1.82, 2.24) is 4.98 Å². The quantitative estimate of drug-likeness (QED) is 0.857. The highest BCUT2D eigenvalue weighted by atomic mass is 32.2. The summed E-state index contributed by atoms with van der Waals surface area (Å²) in [6.45, 7) is 3.17. The smallest absolute Gasteiger partial charge is 0.267 e. The third-order valence-electron chi connectivity index (χ3n) is 2.98. The molecule has 0 bridgehead atoms. The van der Waals surface area contributed by atoms with Crippen molar-refractivity contribution in [3.05, 3.63) is 24.0 Å². The summed E-state index contributed by atoms with van der Waals surface area (Å²) in [5.41, 5.74) is 6.40. The fraction of sp³-hybridized carbons (Fsp3) is 0.500. The first-order chi connectivity index (χ1) is 8.09. The summed E-state index contributed by atoms with van der Waals surface area (Å²) in [6.07, 6.45) is 4.12. The van der Waals surface area contributed by atoms with E-state index < -0.39 is 5.91 Å². The number of pyridine rings is 1. The molecule has 1 atom stereocenters. The molecule has 4 nitrogen and oxygen atoms in total. The normalized spacial score (nSPS) is 23.6. The Bertz CT molecular complexity index is 416. The summed E-state index contributed by atoms with van der Waals surface area (Å²) in [5, 5.41) is 3.35. The molecule has 1 unspecified atom stereocenters. The van der Waals surface area contributed by atoms with Gasteiger partial charge >= 0.3 is 0 Å². The number of rotatable bonds is 4. The van der Waals surface area contributed by atoms with Crippen molar-refractivity contribution in [2.45, 2.75) is 24.5 Å². The molecule has 0 aliphatic carbocycles. The number of carbonyl (C=O) groups is 1. The molecule has 2 heterocycles. The van der Waals surface area contributed by atoms with Gasteiger partial charge in [-0.25, -0.2) is 0 Å². The number of carbonyl (C=O) groups excluding carboxylic acids is 1. The molecule has 1 aliphatic heterocycles. The number of hydrogen-bond acceptors (Lipinski definition) is 4. The number of hydrogen-bond donors (Lipinski definition) is 2. The molecule has 3 N–H and O–H groups in total. The standard InChI is InChI=1S/C12H17N3OS/c1-12(4-2-6-17-12)8-15-9-3-5-14-10(7-9)11(13)16/h3,5,7H,2,4,6,8H2,1H3,(H2,13,16)(H,14,15). The number of anilines is 1. The molecule has 1 aromatic heterocycles. The zero-order valence-corrected chi connectivity index (χ0v) is 10.7. The van der Waals surface area contributed by atoms with Gasteiger partial charge in [-0.1, -0.05) is 0 Å². The van der Waals surface area contributed by atoms with Crippen LogP contribution in [0.15, 0.2) is 18.3 Å². The van der Waals surface area contributed by atoms with E-state index in [4.69, 9.17) is 5.73 Å². The molecule has 1 aliphatic rings. The van der Waals surface area contributed by atoms with Gasteiger partial charge in [-0.3, -0.25) is 9.78 Å². The lowest BCUT2D eigenvalue weighted by Crippen LogP contribution is -2.27. The Morgan fingerprint density at radius 3 is 3.18 bits per heavy atom. The molecule has 0 spiro atoms. The van der Waals surface area contributed by atoms with E-state index in [-0.39, 0.29) is 0 Å². The van der Waals surface area contributed by atoms with Crippen molar-refractivity contribution in [3.8, 4) is 0 Å². The summed E-state index contributed by atoms with van der Waals surface area (Å²) in [7, 11) is 0. The molecule has 2 rings (SSSR count). The first kappa shape index (κ1) is 12.2. The minimum Gasteiger partial charge on any atom is -0.384 e. The van der Waals surface area contributed by atoms with Gasteiger partial charge in [0.25, 0.3) is 5.91 Å². The number of thioether (sulfide) groups is 1. The van der Waals surface area contributed by atoms with Crippen LogP contribution < -0.4 is 11.1 Å². The number of nitrogens with two attached hydrogens (primary N) is 1. The van der Waals surface area contributed by atoms with Crippen molar-refractivity contribution in [1.29, 1.82) is 0 Å². The minimum atomic E-state index is -0.491. The fourth-order valence-electron chi connectivity index (χ4n) is 1.94. The fourth-order valence-corrected chi connectivity index (χ4v) is 3.18. The zero-order chi connectivity index (χ0) is 12.3. The van der Waals surface area contributed by atoms with Crippen molar-refractivity contribution in [2.75, 3.05) is 17.6 Å². The molecule has 17 heavy (non-hydrogen) atoms. The van der Waals surface area contributed by atoms with Gasteiger partial charge in [0.15, 0.2) is 0 Å². The molecular weight excluding hydrogens is 234 g/mol. The first-order valence-corrected chi connectivity index (χ1v) is 6.71. The monoisotopic (exact) mass is 251 g/mol. The van der Waals surface area contributed by atoms with Crippen LogP contribution in [0.3, 0.4) is 0 Å². The van der Waals surface area contributed by atoms with Crippen LogP contribution in [0, 0.1) is 0 Å². The predicted molar refractivity (Wildman–Crippen MR) is 71.3 cm³/mol. The van der Waals surface area contributed by atoms with Crippen LogP contribution in [0.2, 0.25) is 0 Å². The molecule has 5 heteroatoms. The highest BCUT2D eigenvalue weighted by Gasteiger charge is 2.28. The van der Waals surface area contributed by atoms with Crippen LogP contribution in [-0.4, -0.2) is 27.9 Å². The Balaban J connectivity index is 1.99. The summed E-state index contributed by atoms with van der Waals surface area (Å²) in [6, 6.07) is 3.56. The SMILES string of the molecule is CC1(CNc2ccnc(C(N)=O)c2)CCCS1. The van der Waals surface area contributed by atoms with E-state index in [1.165, 1.54) is 18.6 Å². The van der Waals surface area contributed by atoms with Gasteiger partial charge in [0.2, 0.25) is 0 Å². The van der Waals surface area contributed by atoms with Crippen LogP contribution in [-0.2, 0) is 0 Å². The molecule has 1 fully saturated rings. The van der Waals surface area contributed by atoms with E-state index in [2.05, 4.69) is 17.2 Å². The second-order valence-corrected chi connectivity index (χ2v) is 6.23. The van der Waals surface area contributed by atoms with Crippen molar-refractivity contribution in [2.24, 2.45) is 5.73 Å². The average Bonchev–Trinajstić information content (AvgIpc) is 2.75. The van der Waals surface area contributed by atoms with Gasteiger partial charge in [-0.15, -0.1) is 0 Å². The molecule has 92 valence electrons. The third kappa shape index (κ3) is 3.12. The van der Waals surface area contributed by atoms with Crippen molar-refractivity contribution < 1.29 is 4.79 Å². The lowest BCUT2D eigenvalue weighted by atomic mass is 10.1. The van der Waals surface area contributed by atoms with Crippen molar-refractivity contribution >= 4 is 23.4 Å². The maximum absolute atomic E-state index is 11.0. The van der Waals surface area contributed by atoms with Crippen LogP contribution in [0.25, 0.3) is 0 Å². The number of nitrogens with zero attached hydrogens (tertiary/aromatic N) is 1. The Labute approximate surface area is 105 Å². The van der Waals surface area contributed by atoms with Crippen molar-refractivity contribution in [3.63, 3.8) is 0 Å². The van der Waals surface area contributed by atoms with Gasteiger partial charge in [0.1, 0.15) is 5.69 Å². The first-order valence-electron chi connectivity index (χ1n) is 5.73. The van der Waals surface area contributed by atoms with Gasteiger partial charge in [-0.2, -0.15) is 11.8 Å². The molecular formula is C12H17N3OS. The summed E-state index contributed by atoms with van der Waals surface area (Å²) < 4.78 is 0.302. The number of amides is 1. The lowest BCUT2D eigenvalue weighted by molar-refractivity contribution is 0.0995. The number of aromatic nitrogens is 1. The molecule has 1 aromatic rings. The Morgan fingerprint density at radius 2 is 2.53 bits per heavy atom. The maximum atomic E-state index is 11.0. The van der Waals surface area contributed by atoms with E-state index in [0.29, 0.717) is 10.4 Å². The lowest BCUT2D eigenvalue weighted by Gasteiger charge is -2.23. The molecule has 0 saturated carbocycles. The van der Waals surface area contributed by atoms with Crippen LogP contribution in [0.5, 0.6) is 0 Å². The van der Waals surface area contributed by atoms with Gasteiger partial charge in [-0.05, 0) is 37.7 Å². The Hall–Kier alpha value is -1.23. The second-order valence-electron chi connectivity index (χ2n) is 4.55. The Kier molecular flexibility index (Phi) is 3.57. The molecule has 1 amide bonds. The summed E-state index contributed by atoms with van der Waals surface area (Å²) in [4.78, 5) is 14.9. The minimum absolute atomic E-state index is 0.302. The highest BCUT2D eigenvalue weighted by molar-refractivity contribution is 8.00. The number of nitrogens with one attached hydrogen (secondary N) is 1. The van der Waals surface area contributed by atoms with Gasteiger partial charge in [0.05, 0.1) is 0 Å². The molecule has 0 aromatic carbocycles. The zero-order valence-electron chi connectivity index (χ0n) is 9.90. The highest BCUT2D eigenvalue weighted by Crippen LogP contribution is 2.37. The topological polar surface area (TPSA) is 68.0 Å². The molecule has 0 radical (unpaired) electrons. The number of primary amides is 1. The van der Waals surface area contributed by atoms with E-state index in [1.807, 2.05) is 17.8 Å². The molecule has 1 saturated heterocycles. The summed E-state index contributed by atoms with van der Waals surface area (Å²) >= 11 is 2.00. The Morgan fingerprint density at radius 1 is 1.71 bits per heavy atom. The maximum Gasteiger partial charge on any atom is 0.267 e. The van der Waals surface area contributed by atoms with E-state index in [0.717, 1.165) is 12.2 Å². The van der Waals surface area contributed by atoms with Gasteiger partial charge in [0, 0.05) is 23.2 Å². The van der Waals surface area contributed by atoms with Gasteiger partial charge < -0.3 is 11.1 Å².